The van der Waals surface area contributed by atoms with Crippen molar-refractivity contribution >= 4 is 16.7 Å². The Labute approximate surface area is 98.0 Å². The first-order chi connectivity index (χ1) is 7.77. The van der Waals surface area contributed by atoms with Gasteiger partial charge >= 0.3 is 0 Å². The van der Waals surface area contributed by atoms with Gasteiger partial charge in [0.2, 0.25) is 0 Å². The number of benzene rings is 1. The summed E-state index contributed by atoms with van der Waals surface area (Å²) in [7, 11) is 0. The molecule has 0 amide bonds. The van der Waals surface area contributed by atoms with E-state index >= 15 is 0 Å². The highest BCUT2D eigenvalue weighted by Gasteiger charge is 2.06. The molecule has 0 bridgehead atoms. The van der Waals surface area contributed by atoms with Crippen molar-refractivity contribution < 1.29 is 8.76 Å². The first-order valence-corrected chi connectivity index (χ1v) is 6.40. The minimum Gasteiger partial charge on any atom is -0.768 e. The molecule has 3 heteroatoms. The first-order valence-electron chi connectivity index (χ1n) is 5.33. The minimum atomic E-state index is -2.12. The van der Waals surface area contributed by atoms with Gasteiger partial charge in [-0.3, -0.25) is 4.21 Å². The van der Waals surface area contributed by atoms with Crippen molar-refractivity contribution in [3.05, 3.63) is 53.0 Å². The maximum Gasteiger partial charge on any atom is 0.0211 e. The van der Waals surface area contributed by atoms with Crippen LogP contribution in [0, 0.1) is 0 Å². The lowest BCUT2D eigenvalue weighted by Gasteiger charge is -2.08. The quantitative estimate of drug-likeness (QED) is 0.737. The molecule has 0 aromatic heterocycles. The number of allylic oxidation sites excluding steroid dienone is 3. The van der Waals surface area contributed by atoms with Gasteiger partial charge in [-0.15, -0.1) is 0 Å². The molecule has 0 fully saturated rings. The molecule has 0 saturated carbocycles. The number of hydrogen-bond acceptors (Lipinski definition) is 2. The van der Waals surface area contributed by atoms with Crippen LogP contribution in [0.25, 0.3) is 5.57 Å². The van der Waals surface area contributed by atoms with E-state index in [1.165, 1.54) is 0 Å². The fourth-order valence-corrected chi connectivity index (χ4v) is 2.33. The predicted molar refractivity (Wildman–Crippen MR) is 65.3 cm³/mol. The molecular weight excluding hydrogens is 220 g/mol. The third kappa shape index (κ3) is 2.68. The van der Waals surface area contributed by atoms with Gasteiger partial charge in [-0.05, 0) is 47.6 Å². The lowest BCUT2D eigenvalue weighted by Crippen LogP contribution is -1.90. The van der Waals surface area contributed by atoms with E-state index in [9.17, 15) is 8.76 Å². The van der Waals surface area contributed by atoms with Crippen LogP contribution in [0.5, 0.6) is 0 Å². The first kappa shape index (κ1) is 11.3. The molecule has 0 radical (unpaired) electrons. The van der Waals surface area contributed by atoms with E-state index in [-0.39, 0.29) is 0 Å². The Hall–Kier alpha value is -1.19. The maximum absolute atomic E-state index is 11.0. The summed E-state index contributed by atoms with van der Waals surface area (Å²) in [6, 6.07) is 9.94. The SMILES string of the molecule is O=S([O-])C1=CCCCC(c2ccccc2)=C1. The van der Waals surface area contributed by atoms with Crippen molar-refractivity contribution in [3.8, 4) is 0 Å². The summed E-state index contributed by atoms with van der Waals surface area (Å²) in [6.45, 7) is 0. The number of rotatable bonds is 2. The van der Waals surface area contributed by atoms with Crippen LogP contribution in [0.15, 0.2) is 47.4 Å². The summed E-state index contributed by atoms with van der Waals surface area (Å²) in [5, 5.41) is 0. The van der Waals surface area contributed by atoms with Gasteiger partial charge in [0, 0.05) is 4.91 Å². The Morgan fingerprint density at radius 2 is 1.94 bits per heavy atom. The highest BCUT2D eigenvalue weighted by Crippen LogP contribution is 2.26. The average molecular weight is 233 g/mol. The largest absolute Gasteiger partial charge is 0.768 e. The second kappa shape index (κ2) is 5.23. The summed E-state index contributed by atoms with van der Waals surface area (Å²) in [6.07, 6.45) is 6.34. The molecule has 0 N–H and O–H groups in total. The summed E-state index contributed by atoms with van der Waals surface area (Å²) in [5.74, 6) is 0. The van der Waals surface area contributed by atoms with Crippen LogP contribution in [0.1, 0.15) is 24.8 Å². The van der Waals surface area contributed by atoms with Crippen molar-refractivity contribution in [3.63, 3.8) is 0 Å². The van der Waals surface area contributed by atoms with Crippen LogP contribution in [0.2, 0.25) is 0 Å². The molecule has 0 saturated heterocycles. The van der Waals surface area contributed by atoms with E-state index in [1.54, 1.807) is 12.2 Å². The fourth-order valence-electron chi connectivity index (χ4n) is 1.84. The van der Waals surface area contributed by atoms with Crippen LogP contribution >= 0.6 is 0 Å². The third-order valence-corrected chi connectivity index (χ3v) is 3.32. The summed E-state index contributed by atoms with van der Waals surface area (Å²) in [4.78, 5) is 0.413. The Morgan fingerprint density at radius 1 is 1.19 bits per heavy atom. The van der Waals surface area contributed by atoms with Crippen LogP contribution < -0.4 is 0 Å². The lowest BCUT2D eigenvalue weighted by molar-refractivity contribution is 0.544. The van der Waals surface area contributed by atoms with Gasteiger partial charge in [-0.25, -0.2) is 0 Å². The zero-order valence-electron chi connectivity index (χ0n) is 8.89. The molecule has 2 nitrogen and oxygen atoms in total. The molecule has 0 aliphatic heterocycles. The topological polar surface area (TPSA) is 40.1 Å². The van der Waals surface area contributed by atoms with Gasteiger partial charge in [0.05, 0.1) is 0 Å². The smallest absolute Gasteiger partial charge is 0.0211 e. The Morgan fingerprint density at radius 3 is 2.62 bits per heavy atom. The van der Waals surface area contributed by atoms with Crippen molar-refractivity contribution in [2.75, 3.05) is 0 Å². The van der Waals surface area contributed by atoms with Gasteiger partial charge in [0.25, 0.3) is 0 Å². The molecule has 1 unspecified atom stereocenters. The van der Waals surface area contributed by atoms with E-state index in [0.717, 1.165) is 30.4 Å². The molecule has 1 aliphatic rings. The Bertz CT molecular complexity index is 446. The lowest BCUT2D eigenvalue weighted by atomic mass is 10.0. The van der Waals surface area contributed by atoms with Gasteiger partial charge in [-0.2, -0.15) is 0 Å². The van der Waals surface area contributed by atoms with Crippen molar-refractivity contribution in [1.82, 2.24) is 0 Å². The van der Waals surface area contributed by atoms with E-state index in [1.807, 2.05) is 30.3 Å². The van der Waals surface area contributed by atoms with E-state index in [2.05, 4.69) is 0 Å². The second-order valence-corrected chi connectivity index (χ2v) is 4.71. The molecule has 1 atom stereocenters. The van der Waals surface area contributed by atoms with Gasteiger partial charge in [-0.1, -0.05) is 36.4 Å². The fraction of sp³-hybridized carbons (Fsp3) is 0.231. The van der Waals surface area contributed by atoms with Crippen LogP contribution in [-0.2, 0) is 11.1 Å². The van der Waals surface area contributed by atoms with E-state index in [4.69, 9.17) is 0 Å². The molecule has 16 heavy (non-hydrogen) atoms. The van der Waals surface area contributed by atoms with Gasteiger partial charge < -0.3 is 4.55 Å². The van der Waals surface area contributed by atoms with Crippen LogP contribution in [0.3, 0.4) is 0 Å². The van der Waals surface area contributed by atoms with Gasteiger partial charge in [0.1, 0.15) is 0 Å². The molecule has 1 aromatic rings. The average Bonchev–Trinajstić information content (AvgIpc) is 2.56. The number of hydrogen-bond donors (Lipinski definition) is 0. The maximum atomic E-state index is 11.0. The molecule has 84 valence electrons. The summed E-state index contributed by atoms with van der Waals surface area (Å²) in [5.41, 5.74) is 2.22. The van der Waals surface area contributed by atoms with E-state index < -0.39 is 11.1 Å². The minimum absolute atomic E-state index is 0.413. The zero-order valence-corrected chi connectivity index (χ0v) is 9.70. The van der Waals surface area contributed by atoms with Crippen molar-refractivity contribution in [2.45, 2.75) is 19.3 Å². The normalized spacial score (nSPS) is 18.3. The van der Waals surface area contributed by atoms with Crippen molar-refractivity contribution in [2.24, 2.45) is 0 Å². The Kier molecular flexibility index (Phi) is 3.70. The van der Waals surface area contributed by atoms with Crippen molar-refractivity contribution in [1.29, 1.82) is 0 Å². The second-order valence-electron chi connectivity index (χ2n) is 3.77. The summed E-state index contributed by atoms with van der Waals surface area (Å²) >= 11 is -2.12. The van der Waals surface area contributed by atoms with Crippen LogP contribution in [-0.4, -0.2) is 8.76 Å². The highest BCUT2D eigenvalue weighted by atomic mass is 32.2. The predicted octanol–water partition coefficient (Wildman–Crippen LogP) is 3.02. The third-order valence-electron chi connectivity index (χ3n) is 2.65. The molecule has 1 aliphatic carbocycles. The molecule has 1 aromatic carbocycles. The molecule has 0 spiro atoms. The molecule has 0 heterocycles. The standard InChI is InChI=1S/C13H14O2S/c14-16(15)13-9-5-4-8-12(10-13)11-6-2-1-3-7-11/h1-3,6-7,9-10H,4-5,8H2,(H,14,15)/p-1. The van der Waals surface area contributed by atoms with E-state index in [0.29, 0.717) is 4.91 Å². The highest BCUT2D eigenvalue weighted by molar-refractivity contribution is 7.83. The molecular formula is C13H13O2S-. The van der Waals surface area contributed by atoms with Crippen LogP contribution in [0.4, 0.5) is 0 Å². The molecule has 2 rings (SSSR count). The zero-order chi connectivity index (χ0) is 11.4. The van der Waals surface area contributed by atoms with Gasteiger partial charge in [0.15, 0.2) is 0 Å². The monoisotopic (exact) mass is 233 g/mol. The summed E-state index contributed by atoms with van der Waals surface area (Å²) < 4.78 is 21.9. The Balaban J connectivity index is 2.34.